The van der Waals surface area contributed by atoms with Crippen LogP contribution in [0.4, 0.5) is 14.5 Å². The second-order valence-electron chi connectivity index (χ2n) is 5.88. The topological polar surface area (TPSA) is 64.3 Å². The summed E-state index contributed by atoms with van der Waals surface area (Å²) in [5.41, 5.74) is 5.24. The molecule has 1 amide bonds. The van der Waals surface area contributed by atoms with Crippen LogP contribution in [0.2, 0.25) is 0 Å². The first-order valence-electron chi connectivity index (χ1n) is 6.94. The number of amides is 1. The second-order valence-corrected chi connectivity index (χ2v) is 5.88. The minimum atomic E-state index is -1.09. The van der Waals surface area contributed by atoms with Crippen molar-refractivity contribution in [2.45, 2.75) is 39.3 Å². The number of rotatable bonds is 4. The Kier molecular flexibility index (Phi) is 4.18. The van der Waals surface area contributed by atoms with E-state index in [1.807, 2.05) is 20.8 Å². The fourth-order valence-corrected chi connectivity index (χ4v) is 2.61. The summed E-state index contributed by atoms with van der Waals surface area (Å²) in [6.07, 6.45) is 0.769. The van der Waals surface area contributed by atoms with Gasteiger partial charge in [0.1, 0.15) is 0 Å². The molecule has 2 unspecified atom stereocenters. The maximum Gasteiger partial charge on any atom is 0.253 e. The van der Waals surface area contributed by atoms with Crippen molar-refractivity contribution in [3.05, 3.63) is 29.3 Å². The quantitative estimate of drug-likeness (QED) is 0.839. The van der Waals surface area contributed by atoms with Crippen LogP contribution in [0.25, 0.3) is 0 Å². The van der Waals surface area contributed by atoms with Crippen LogP contribution < -0.4 is 11.1 Å². The molecule has 1 aliphatic carbocycles. The van der Waals surface area contributed by atoms with Gasteiger partial charge in [0, 0.05) is 29.8 Å². The van der Waals surface area contributed by atoms with E-state index in [1.165, 1.54) is 0 Å². The van der Waals surface area contributed by atoms with Crippen LogP contribution in [0.3, 0.4) is 0 Å². The number of nitrogen functional groups attached to an aromatic ring is 1. The lowest BCUT2D eigenvalue weighted by atomic mass is 9.64. The lowest BCUT2D eigenvalue weighted by molar-refractivity contribution is -0.111. The molecule has 3 N–H and O–H groups in total. The molecule has 21 heavy (non-hydrogen) atoms. The van der Waals surface area contributed by atoms with E-state index in [0.717, 1.165) is 12.1 Å². The smallest absolute Gasteiger partial charge is 0.253 e. The van der Waals surface area contributed by atoms with Crippen LogP contribution in [0.15, 0.2) is 12.1 Å². The van der Waals surface area contributed by atoms with Gasteiger partial charge < -0.3 is 15.8 Å². The van der Waals surface area contributed by atoms with Crippen LogP contribution in [0.5, 0.6) is 0 Å². The van der Waals surface area contributed by atoms with Gasteiger partial charge in [-0.3, -0.25) is 4.79 Å². The molecule has 1 aromatic rings. The normalized spacial score (nSPS) is 23.5. The lowest BCUT2D eigenvalue weighted by Crippen LogP contribution is -2.62. The van der Waals surface area contributed by atoms with Crippen molar-refractivity contribution >= 4 is 11.6 Å². The largest absolute Gasteiger partial charge is 0.398 e. The molecule has 0 spiro atoms. The van der Waals surface area contributed by atoms with Crippen molar-refractivity contribution < 1.29 is 18.3 Å². The summed E-state index contributed by atoms with van der Waals surface area (Å²) in [4.78, 5) is 12.2. The lowest BCUT2D eigenvalue weighted by Gasteiger charge is -2.51. The molecule has 0 radical (unpaired) electrons. The first-order valence-corrected chi connectivity index (χ1v) is 6.94. The number of nitrogens with one attached hydrogen (secondary N) is 1. The Balaban J connectivity index is 2.08. The van der Waals surface area contributed by atoms with Crippen LogP contribution in [0.1, 0.15) is 37.6 Å². The number of benzene rings is 1. The molecular weight excluding hydrogens is 278 g/mol. The van der Waals surface area contributed by atoms with E-state index in [-0.39, 0.29) is 28.8 Å². The molecule has 0 bridgehead atoms. The Hall–Kier alpha value is -1.69. The molecule has 2 atom stereocenters. The van der Waals surface area contributed by atoms with Crippen LogP contribution in [0, 0.1) is 17.0 Å². The average Bonchev–Trinajstić information content (AvgIpc) is 2.41. The maximum atomic E-state index is 13.2. The van der Waals surface area contributed by atoms with E-state index in [0.29, 0.717) is 13.0 Å². The number of carbonyl (C=O) groups excluding carboxylic acids is 1. The number of nitrogens with two attached hydrogens (primary N) is 1. The minimum Gasteiger partial charge on any atom is -0.398 e. The van der Waals surface area contributed by atoms with Gasteiger partial charge in [0.05, 0.1) is 11.7 Å². The number of carbonyl (C=O) groups is 1. The summed E-state index contributed by atoms with van der Waals surface area (Å²) in [7, 11) is 0. The number of halogens is 2. The summed E-state index contributed by atoms with van der Waals surface area (Å²) in [5.74, 6) is -2.65. The Morgan fingerprint density at radius 1 is 1.43 bits per heavy atom. The SMILES string of the molecule is CCOC1CC(NC(=O)c2cc(F)c(F)cc2N)C1(C)C. The van der Waals surface area contributed by atoms with Gasteiger partial charge in [-0.2, -0.15) is 0 Å². The maximum absolute atomic E-state index is 13.2. The summed E-state index contributed by atoms with van der Waals surface area (Å²) >= 11 is 0. The van der Waals surface area contributed by atoms with E-state index in [4.69, 9.17) is 10.5 Å². The van der Waals surface area contributed by atoms with E-state index >= 15 is 0 Å². The monoisotopic (exact) mass is 298 g/mol. The number of hydrogen-bond donors (Lipinski definition) is 2. The predicted octanol–water partition coefficient (Wildman–Crippen LogP) is 2.48. The molecule has 2 rings (SSSR count). The van der Waals surface area contributed by atoms with Crippen molar-refractivity contribution in [2.24, 2.45) is 5.41 Å². The van der Waals surface area contributed by atoms with Crippen molar-refractivity contribution in [2.75, 3.05) is 12.3 Å². The third kappa shape index (κ3) is 2.85. The summed E-state index contributed by atoms with van der Waals surface area (Å²) < 4.78 is 31.8. The summed E-state index contributed by atoms with van der Waals surface area (Å²) in [5, 5.41) is 2.81. The van der Waals surface area contributed by atoms with Gasteiger partial charge in [-0.1, -0.05) is 13.8 Å². The molecule has 0 saturated heterocycles. The van der Waals surface area contributed by atoms with Crippen LogP contribution in [-0.2, 0) is 4.74 Å². The van der Waals surface area contributed by atoms with E-state index in [1.54, 1.807) is 0 Å². The van der Waals surface area contributed by atoms with Gasteiger partial charge in [0.15, 0.2) is 11.6 Å². The van der Waals surface area contributed by atoms with Gasteiger partial charge in [-0.25, -0.2) is 8.78 Å². The molecule has 4 nitrogen and oxygen atoms in total. The molecule has 0 heterocycles. The van der Waals surface area contributed by atoms with Crippen molar-refractivity contribution in [3.8, 4) is 0 Å². The van der Waals surface area contributed by atoms with Gasteiger partial charge >= 0.3 is 0 Å². The molecular formula is C15H20F2N2O2. The first kappa shape index (κ1) is 15.7. The third-order valence-electron chi connectivity index (χ3n) is 4.19. The molecule has 1 aliphatic rings. The number of hydrogen-bond acceptors (Lipinski definition) is 3. The Labute approximate surface area is 122 Å². The molecule has 116 valence electrons. The highest BCUT2D eigenvalue weighted by atomic mass is 19.2. The van der Waals surface area contributed by atoms with Crippen LogP contribution in [-0.4, -0.2) is 24.7 Å². The summed E-state index contributed by atoms with van der Waals surface area (Å²) in [6.45, 7) is 6.53. The minimum absolute atomic E-state index is 0.0513. The number of ether oxygens (including phenoxy) is 1. The zero-order valence-electron chi connectivity index (χ0n) is 12.4. The zero-order valence-corrected chi connectivity index (χ0v) is 12.4. The van der Waals surface area contributed by atoms with Crippen molar-refractivity contribution in [3.63, 3.8) is 0 Å². The van der Waals surface area contributed by atoms with Crippen molar-refractivity contribution in [1.82, 2.24) is 5.32 Å². The molecule has 1 fully saturated rings. The fraction of sp³-hybridized carbons (Fsp3) is 0.533. The van der Waals surface area contributed by atoms with Crippen molar-refractivity contribution in [1.29, 1.82) is 0 Å². The molecule has 0 aliphatic heterocycles. The highest BCUT2D eigenvalue weighted by Gasteiger charge is 2.49. The highest BCUT2D eigenvalue weighted by Crippen LogP contribution is 2.42. The molecule has 6 heteroatoms. The standard InChI is InChI=1S/C15H20F2N2O2/c1-4-21-13-7-12(15(13,2)3)19-14(20)8-5-9(16)10(17)6-11(8)18/h5-6,12-13H,4,7,18H2,1-3H3,(H,19,20). The zero-order chi connectivity index (χ0) is 15.8. The van der Waals surface area contributed by atoms with E-state index in [2.05, 4.69) is 5.32 Å². The third-order valence-corrected chi connectivity index (χ3v) is 4.19. The van der Waals surface area contributed by atoms with Gasteiger partial charge in [-0.15, -0.1) is 0 Å². The van der Waals surface area contributed by atoms with Gasteiger partial charge in [-0.05, 0) is 19.4 Å². The highest BCUT2D eigenvalue weighted by molar-refractivity contribution is 5.99. The summed E-state index contributed by atoms with van der Waals surface area (Å²) in [6, 6.07) is 1.55. The first-order chi connectivity index (χ1) is 9.77. The van der Waals surface area contributed by atoms with Gasteiger partial charge in [0.25, 0.3) is 5.91 Å². The number of anilines is 1. The van der Waals surface area contributed by atoms with Crippen LogP contribution >= 0.6 is 0 Å². The second kappa shape index (κ2) is 5.60. The van der Waals surface area contributed by atoms with E-state index in [9.17, 15) is 13.6 Å². The molecule has 1 aromatic carbocycles. The fourth-order valence-electron chi connectivity index (χ4n) is 2.61. The predicted molar refractivity (Wildman–Crippen MR) is 75.8 cm³/mol. The Morgan fingerprint density at radius 2 is 2.05 bits per heavy atom. The van der Waals surface area contributed by atoms with Gasteiger partial charge in [0.2, 0.25) is 0 Å². The Morgan fingerprint density at radius 3 is 2.62 bits per heavy atom. The molecule has 1 saturated carbocycles. The molecule has 0 aromatic heterocycles. The average molecular weight is 298 g/mol. The Bertz CT molecular complexity index is 561. The van der Waals surface area contributed by atoms with E-state index < -0.39 is 17.5 Å².